The van der Waals surface area contributed by atoms with Crippen LogP contribution < -0.4 is 5.32 Å². The molecule has 0 aromatic rings. The van der Waals surface area contributed by atoms with Gasteiger partial charge in [-0.1, -0.05) is 18.7 Å². The van der Waals surface area contributed by atoms with Gasteiger partial charge in [-0.25, -0.2) is 9.79 Å². The lowest BCUT2D eigenvalue weighted by molar-refractivity contribution is -0.127. The number of amidine groups is 1. The smallest absolute Gasteiger partial charge is 0.325 e. The maximum absolute atomic E-state index is 12.1. The number of fused-ring (bicyclic) bond motifs is 1. The molecule has 0 aromatic heterocycles. The summed E-state index contributed by atoms with van der Waals surface area (Å²) in [6.07, 6.45) is 0.648. The molecule has 0 spiro atoms. The van der Waals surface area contributed by atoms with E-state index in [1.165, 1.54) is 4.90 Å². The molecular weight excluding hydrogens is 264 g/mol. The van der Waals surface area contributed by atoms with Gasteiger partial charge in [0.25, 0.3) is 5.91 Å². The summed E-state index contributed by atoms with van der Waals surface area (Å²) in [4.78, 5) is 31.8. The first-order valence-electron chi connectivity index (χ1n) is 6.54. The second kappa shape index (κ2) is 5.40. The van der Waals surface area contributed by atoms with Crippen LogP contribution in [0.5, 0.6) is 0 Å². The van der Waals surface area contributed by atoms with Gasteiger partial charge in [-0.2, -0.15) is 0 Å². The second-order valence-electron chi connectivity index (χ2n) is 5.02. The van der Waals surface area contributed by atoms with Crippen molar-refractivity contribution >= 4 is 28.9 Å². The summed E-state index contributed by atoms with van der Waals surface area (Å²) in [5.41, 5.74) is 0. The van der Waals surface area contributed by atoms with Crippen molar-refractivity contribution in [2.75, 3.05) is 12.8 Å². The van der Waals surface area contributed by atoms with E-state index in [2.05, 4.69) is 17.2 Å². The molecule has 2 heterocycles. The van der Waals surface area contributed by atoms with Crippen LogP contribution in [-0.2, 0) is 4.79 Å². The number of likely N-dealkylation sites (N-methyl/N-ethyl adjacent to an activating group) is 1. The van der Waals surface area contributed by atoms with E-state index in [1.54, 1.807) is 18.8 Å². The fourth-order valence-corrected chi connectivity index (χ4v) is 3.35. The molecule has 0 bridgehead atoms. The minimum absolute atomic E-state index is 0.172. The Kier molecular flexibility index (Phi) is 4.03. The maximum atomic E-state index is 12.1. The fourth-order valence-electron chi connectivity index (χ4n) is 2.31. The molecule has 2 atom stereocenters. The average molecular weight is 284 g/mol. The first-order valence-corrected chi connectivity index (χ1v) is 7.52. The van der Waals surface area contributed by atoms with E-state index >= 15 is 0 Å². The van der Waals surface area contributed by atoms with Gasteiger partial charge in [0, 0.05) is 18.8 Å². The molecule has 2 rings (SSSR count). The Balaban J connectivity index is 2.29. The van der Waals surface area contributed by atoms with Gasteiger partial charge in [0.05, 0.1) is 0 Å². The van der Waals surface area contributed by atoms with E-state index in [-0.39, 0.29) is 18.0 Å². The van der Waals surface area contributed by atoms with Crippen LogP contribution in [0.3, 0.4) is 0 Å². The molecule has 2 aliphatic heterocycles. The predicted octanol–water partition coefficient (Wildman–Crippen LogP) is 1.09. The summed E-state index contributed by atoms with van der Waals surface area (Å²) in [5.74, 6) is 0.707. The van der Waals surface area contributed by atoms with Gasteiger partial charge >= 0.3 is 6.03 Å². The molecule has 0 radical (unpaired) electrons. The highest BCUT2D eigenvalue weighted by atomic mass is 32.2. The lowest BCUT2D eigenvalue weighted by Gasteiger charge is -2.37. The molecule has 3 amide bonds. The molecule has 2 unspecified atom stereocenters. The van der Waals surface area contributed by atoms with Gasteiger partial charge in [0.2, 0.25) is 0 Å². The van der Waals surface area contributed by atoms with Gasteiger partial charge in [-0.3, -0.25) is 10.1 Å². The van der Waals surface area contributed by atoms with E-state index in [4.69, 9.17) is 0 Å². The number of nitrogens with zero attached hydrogens (tertiary/aromatic N) is 3. The third kappa shape index (κ3) is 2.43. The molecule has 0 aromatic carbocycles. The second-order valence-corrected chi connectivity index (χ2v) is 6.09. The Morgan fingerprint density at radius 2 is 2.11 bits per heavy atom. The third-order valence-corrected chi connectivity index (χ3v) is 4.44. The molecule has 0 aliphatic carbocycles. The van der Waals surface area contributed by atoms with Crippen molar-refractivity contribution in [3.05, 3.63) is 0 Å². The van der Waals surface area contributed by atoms with E-state index < -0.39 is 12.2 Å². The standard InChI is InChI=1S/C12H20N4O2S/c1-5-6-19-12-13-9-8(16(12)7(2)3)10(17)14-11(18)15(9)4/h7-9H,5-6H2,1-4H3,(H,14,17,18). The highest BCUT2D eigenvalue weighted by Crippen LogP contribution is 2.30. The van der Waals surface area contributed by atoms with E-state index in [1.807, 2.05) is 18.7 Å². The Bertz CT molecular complexity index is 424. The number of thioether (sulfide) groups is 1. The van der Waals surface area contributed by atoms with Crippen LogP contribution in [0.4, 0.5) is 4.79 Å². The first-order chi connectivity index (χ1) is 8.97. The van der Waals surface area contributed by atoms with Crippen molar-refractivity contribution in [1.29, 1.82) is 0 Å². The van der Waals surface area contributed by atoms with Crippen LogP contribution in [-0.4, -0.2) is 58.0 Å². The van der Waals surface area contributed by atoms with Crippen molar-refractivity contribution in [3.8, 4) is 0 Å². The van der Waals surface area contributed by atoms with E-state index in [0.29, 0.717) is 0 Å². The van der Waals surface area contributed by atoms with Crippen molar-refractivity contribution in [1.82, 2.24) is 15.1 Å². The number of imide groups is 1. The van der Waals surface area contributed by atoms with Gasteiger partial charge in [-0.05, 0) is 20.3 Å². The van der Waals surface area contributed by atoms with Crippen molar-refractivity contribution in [2.45, 2.75) is 45.4 Å². The number of nitrogens with one attached hydrogen (secondary N) is 1. The highest BCUT2D eigenvalue weighted by Gasteiger charge is 2.49. The minimum atomic E-state index is -0.401. The Morgan fingerprint density at radius 1 is 1.42 bits per heavy atom. The SMILES string of the molecule is CCCSC1=NC2C(C(=O)NC(=O)N2C)N1C(C)C. The average Bonchev–Trinajstić information content (AvgIpc) is 2.73. The maximum Gasteiger partial charge on any atom is 0.325 e. The lowest BCUT2D eigenvalue weighted by atomic mass is 10.1. The van der Waals surface area contributed by atoms with Crippen LogP contribution >= 0.6 is 11.8 Å². The molecule has 1 N–H and O–H groups in total. The summed E-state index contributed by atoms with van der Waals surface area (Å²) in [6.45, 7) is 6.18. The number of aliphatic imine (C=N–C) groups is 1. The van der Waals surface area contributed by atoms with Gasteiger partial charge in [-0.15, -0.1) is 0 Å². The third-order valence-electron chi connectivity index (χ3n) is 3.25. The van der Waals surface area contributed by atoms with Crippen molar-refractivity contribution in [3.63, 3.8) is 0 Å². The largest absolute Gasteiger partial charge is 0.333 e. The normalized spacial score (nSPS) is 26.7. The molecule has 2 aliphatic rings. The summed E-state index contributed by atoms with van der Waals surface area (Å²) in [5, 5.41) is 3.25. The van der Waals surface area contributed by atoms with Gasteiger partial charge < -0.3 is 9.80 Å². The monoisotopic (exact) mass is 284 g/mol. The topological polar surface area (TPSA) is 65.0 Å². The molecule has 1 fully saturated rings. The van der Waals surface area contributed by atoms with Gasteiger partial charge in [0.15, 0.2) is 17.4 Å². The Hall–Kier alpha value is -1.24. The number of rotatable bonds is 3. The zero-order valence-electron chi connectivity index (χ0n) is 11.7. The molecule has 19 heavy (non-hydrogen) atoms. The summed E-state index contributed by atoms with van der Waals surface area (Å²) in [6, 6.07) is -0.604. The van der Waals surface area contributed by atoms with Gasteiger partial charge in [0.1, 0.15) is 0 Å². The highest BCUT2D eigenvalue weighted by molar-refractivity contribution is 8.13. The summed E-state index contributed by atoms with van der Waals surface area (Å²) < 4.78 is 0. The first kappa shape index (κ1) is 14.2. The number of hydrogen-bond donors (Lipinski definition) is 1. The van der Waals surface area contributed by atoms with Crippen LogP contribution in [0.15, 0.2) is 4.99 Å². The lowest BCUT2D eigenvalue weighted by Crippen LogP contribution is -2.64. The van der Waals surface area contributed by atoms with E-state index in [0.717, 1.165) is 17.3 Å². The van der Waals surface area contributed by atoms with Crippen LogP contribution in [0, 0.1) is 0 Å². The summed E-state index contributed by atoms with van der Waals surface area (Å²) in [7, 11) is 1.68. The number of carbonyl (C=O) groups excluding carboxylic acids is 2. The molecule has 6 nitrogen and oxygen atoms in total. The quantitative estimate of drug-likeness (QED) is 0.842. The molecule has 1 saturated heterocycles. The molecular formula is C12H20N4O2S. The van der Waals surface area contributed by atoms with Crippen LogP contribution in [0.25, 0.3) is 0 Å². The van der Waals surface area contributed by atoms with Crippen LogP contribution in [0.2, 0.25) is 0 Å². The number of carbonyl (C=O) groups is 2. The predicted molar refractivity (Wildman–Crippen MR) is 76.0 cm³/mol. The zero-order chi connectivity index (χ0) is 14.2. The van der Waals surface area contributed by atoms with Crippen molar-refractivity contribution < 1.29 is 9.59 Å². The summed E-state index contributed by atoms with van der Waals surface area (Å²) >= 11 is 1.65. The zero-order valence-corrected chi connectivity index (χ0v) is 12.5. The molecule has 106 valence electrons. The number of amides is 3. The number of urea groups is 1. The Labute approximate surface area is 117 Å². The van der Waals surface area contributed by atoms with Crippen molar-refractivity contribution in [2.24, 2.45) is 4.99 Å². The molecule has 0 saturated carbocycles. The molecule has 7 heteroatoms. The number of hydrogen-bond acceptors (Lipinski definition) is 5. The fraction of sp³-hybridized carbons (Fsp3) is 0.750. The Morgan fingerprint density at radius 3 is 2.68 bits per heavy atom. The van der Waals surface area contributed by atoms with Crippen LogP contribution in [0.1, 0.15) is 27.2 Å². The van der Waals surface area contributed by atoms with E-state index in [9.17, 15) is 9.59 Å². The minimum Gasteiger partial charge on any atom is -0.333 e.